The molecule has 12 heteroatoms. The van der Waals surface area contributed by atoms with Crippen LogP contribution in [0.25, 0.3) is 0 Å². The van der Waals surface area contributed by atoms with E-state index in [2.05, 4.69) is 22.4 Å². The molecule has 0 spiro atoms. The maximum Gasteiger partial charge on any atom is 0.410 e. The molecule has 2 saturated heterocycles. The maximum atomic E-state index is 12.0. The molecule has 3 unspecified atom stereocenters. The first-order valence-corrected chi connectivity index (χ1v) is 15.9. The smallest absolute Gasteiger partial charge is 0.410 e. The third kappa shape index (κ3) is 15.2. The zero-order chi connectivity index (χ0) is 34.5. The number of carbonyl (C=O) groups is 2. The van der Waals surface area contributed by atoms with Crippen LogP contribution >= 0.6 is 34.8 Å². The van der Waals surface area contributed by atoms with Gasteiger partial charge in [-0.1, -0.05) is 30.0 Å². The lowest BCUT2D eigenvalue weighted by atomic mass is 10.2. The summed E-state index contributed by atoms with van der Waals surface area (Å²) in [6.07, 6.45) is 1.02. The second-order valence-electron chi connectivity index (χ2n) is 12.2. The van der Waals surface area contributed by atoms with E-state index >= 15 is 0 Å². The number of benzene rings is 2. The minimum atomic E-state index is -0.697. The molecule has 0 aromatic heterocycles. The topological polar surface area (TPSA) is 116 Å². The summed E-state index contributed by atoms with van der Waals surface area (Å²) in [6.45, 7) is 13.6. The molecule has 0 aliphatic carbocycles. The number of carbonyl (C=O) groups excluding carboxylic acids is 2. The van der Waals surface area contributed by atoms with Crippen LogP contribution in [-0.2, 0) is 9.47 Å². The Morgan fingerprint density at radius 3 is 1.64 bits per heavy atom. The van der Waals surface area contributed by atoms with Crippen molar-refractivity contribution in [1.82, 2.24) is 9.80 Å². The van der Waals surface area contributed by atoms with Gasteiger partial charge in [-0.25, -0.2) is 9.59 Å². The van der Waals surface area contributed by atoms with Crippen LogP contribution in [0.4, 0.5) is 21.0 Å². The second kappa shape index (κ2) is 18.8. The number of alkyl halides is 1. The Kier molecular flexibility index (Phi) is 15.2. The lowest BCUT2D eigenvalue weighted by Crippen LogP contribution is -2.36. The van der Waals surface area contributed by atoms with Crippen molar-refractivity contribution in [3.8, 4) is 11.5 Å². The van der Waals surface area contributed by atoms with E-state index in [4.69, 9.17) is 27.4 Å². The molecule has 2 fully saturated rings. The third-order valence-corrected chi connectivity index (χ3v) is 6.18. The van der Waals surface area contributed by atoms with Gasteiger partial charge in [0.25, 0.3) is 0 Å². The van der Waals surface area contributed by atoms with Crippen molar-refractivity contribution in [1.29, 1.82) is 0 Å². The van der Waals surface area contributed by atoms with Gasteiger partial charge in [0.2, 0.25) is 0 Å². The van der Waals surface area contributed by atoms with Gasteiger partial charge in [0.05, 0.1) is 23.9 Å². The van der Waals surface area contributed by atoms with Gasteiger partial charge in [-0.3, -0.25) is 0 Å². The van der Waals surface area contributed by atoms with Crippen molar-refractivity contribution in [2.45, 2.75) is 85.2 Å². The predicted molar refractivity (Wildman–Crippen MR) is 192 cm³/mol. The van der Waals surface area contributed by atoms with E-state index < -0.39 is 16.1 Å². The first kappa shape index (κ1) is 36.4. The van der Waals surface area contributed by atoms with Crippen molar-refractivity contribution in [2.75, 3.05) is 36.8 Å². The van der Waals surface area contributed by atoms with Crippen molar-refractivity contribution < 1.29 is 31.3 Å². The van der Waals surface area contributed by atoms with Gasteiger partial charge in [-0.05, 0) is 107 Å². The van der Waals surface area contributed by atoms with Gasteiger partial charge in [0, 0.05) is 34.4 Å². The highest BCUT2D eigenvalue weighted by atomic mass is 127. The zero-order valence-corrected chi connectivity index (χ0v) is 29.2. The molecular formula is C33H49IN4O6S. The highest BCUT2D eigenvalue weighted by Gasteiger charge is 2.32. The molecule has 2 heterocycles. The summed E-state index contributed by atoms with van der Waals surface area (Å²) in [6, 6.07) is 14.6. The van der Waals surface area contributed by atoms with Crippen molar-refractivity contribution in [3.63, 3.8) is 0 Å². The van der Waals surface area contributed by atoms with Gasteiger partial charge in [0.15, 0.2) is 0 Å². The van der Waals surface area contributed by atoms with Crippen LogP contribution in [0.5, 0.6) is 11.5 Å². The number of nitrogens with two attached hydrogens (primary N) is 1. The van der Waals surface area contributed by atoms with Gasteiger partial charge in [0.1, 0.15) is 34.9 Å². The highest BCUT2D eigenvalue weighted by molar-refractivity contribution is 14.1. The van der Waals surface area contributed by atoms with Crippen LogP contribution in [0.1, 0.15) is 64.6 Å². The number of likely N-dealkylation sites (tertiary alicyclic amines) is 2. The van der Waals surface area contributed by atoms with E-state index in [1.165, 1.54) is 0 Å². The number of aliphatic imine (C=N–C) groups is 1. The molecule has 2 aliphatic rings. The molecule has 2 aromatic carbocycles. The summed E-state index contributed by atoms with van der Waals surface area (Å²) < 4.78 is 34.9. The van der Waals surface area contributed by atoms with Crippen LogP contribution in [0.3, 0.4) is 0 Å². The molecule has 0 bridgehead atoms. The average Bonchev–Trinajstić information content (AvgIpc) is 3.60. The van der Waals surface area contributed by atoms with Gasteiger partial charge in [-0.2, -0.15) is 4.99 Å². The maximum absolute atomic E-state index is 12.0. The Hall–Kier alpha value is -3.09. The van der Waals surface area contributed by atoms with Crippen LogP contribution in [0.2, 0.25) is 0 Å². The average molecular weight is 760 g/mol. The number of nitrogen functional groups attached to an aromatic ring is 1. The Labute approximate surface area is 290 Å². The Morgan fingerprint density at radius 2 is 1.29 bits per heavy atom. The molecule has 2 aromatic rings. The number of hydrogen-bond donors (Lipinski definition) is 1. The highest BCUT2D eigenvalue weighted by Crippen LogP contribution is 2.23. The standard InChI is InChI=1S/C16H20N2O3S.C15H22N2O3.CH3I.CH4/c1-16(2,3)21-15(19)18-9-8-14(10-18)20-13-6-4-12(5-7-13)17-11-22;1-15(2,3)20-14(18)17-9-8-13(10-17)19-12-6-4-11(16)5-7-12;1-2;/h4-7,14H,8-10H2,1-3H3;4-7,13H,8-10,16H2,1-3H3;1H3;1H4/i;;1TD;. The molecule has 0 saturated carbocycles. The SMILES string of the molecule is C.CC(C)(C)OC(=O)N1CCC(Oc2ccc(N)cc2)C1.CC(C)(C)OC(=O)N1CCC(Oc2ccc(N=C=S)cc2)C1.[2H]C([3H])I. The van der Waals surface area contributed by atoms with Crippen LogP contribution in [0, 0.1) is 0 Å². The van der Waals surface area contributed by atoms with Crippen molar-refractivity contribution in [2.24, 2.45) is 4.99 Å². The Bertz CT molecular complexity index is 1300. The van der Waals surface area contributed by atoms with E-state index in [0.29, 0.717) is 31.9 Å². The number of nitrogens with zero attached hydrogens (tertiary/aromatic N) is 3. The minimum Gasteiger partial charge on any atom is -0.489 e. The first-order chi connectivity index (χ1) is 21.4. The summed E-state index contributed by atoms with van der Waals surface area (Å²) >= 11 is 6.24. The number of hydrogen-bond acceptors (Lipinski definition) is 9. The molecule has 2 N–H and O–H groups in total. The zero-order valence-electron chi connectivity index (χ0n) is 28.2. The van der Waals surface area contributed by atoms with Crippen LogP contribution in [-0.4, -0.2) is 81.6 Å². The lowest BCUT2D eigenvalue weighted by molar-refractivity contribution is 0.0266. The molecule has 2 aliphatic heterocycles. The first-order valence-electron chi connectivity index (χ1n) is 15.4. The van der Waals surface area contributed by atoms with E-state index in [9.17, 15) is 9.59 Å². The summed E-state index contributed by atoms with van der Waals surface area (Å²) in [5, 5.41) is 2.32. The van der Waals surface area contributed by atoms with E-state index in [1.54, 1.807) is 44.5 Å². The second-order valence-corrected chi connectivity index (χ2v) is 12.4. The van der Waals surface area contributed by atoms with E-state index in [-0.39, 0.29) is 31.8 Å². The number of thiocarbonyl (C=S) groups is 1. The van der Waals surface area contributed by atoms with Crippen LogP contribution < -0.4 is 15.2 Å². The number of ether oxygens (including phenoxy) is 4. The number of rotatable bonds is 5. The Morgan fingerprint density at radius 1 is 0.911 bits per heavy atom. The molecule has 0 radical (unpaired) electrons. The predicted octanol–water partition coefficient (Wildman–Crippen LogP) is 8.15. The van der Waals surface area contributed by atoms with Gasteiger partial charge < -0.3 is 34.5 Å². The molecular weight excluding hydrogens is 707 g/mol. The van der Waals surface area contributed by atoms with Gasteiger partial charge in [-0.15, -0.1) is 0 Å². The number of halogens is 1. The third-order valence-electron chi connectivity index (χ3n) is 6.09. The molecule has 4 rings (SSSR count). The summed E-state index contributed by atoms with van der Waals surface area (Å²) in [7, 11) is 0. The molecule has 10 nitrogen and oxygen atoms in total. The number of anilines is 1. The van der Waals surface area contributed by atoms with Crippen molar-refractivity contribution in [3.05, 3.63) is 48.5 Å². The minimum absolute atomic E-state index is 0. The van der Waals surface area contributed by atoms with E-state index in [1.807, 2.05) is 77.9 Å². The molecule has 3 atom stereocenters. The number of amides is 2. The largest absolute Gasteiger partial charge is 0.489 e. The quantitative estimate of drug-likeness (QED) is 0.107. The molecule has 45 heavy (non-hydrogen) atoms. The van der Waals surface area contributed by atoms with E-state index in [0.717, 1.165) is 30.0 Å². The molecule has 250 valence electrons. The fourth-order valence-electron chi connectivity index (χ4n) is 4.22. The Balaban J connectivity index is 0.000000415. The van der Waals surface area contributed by atoms with Gasteiger partial charge >= 0.3 is 12.2 Å². The summed E-state index contributed by atoms with van der Waals surface area (Å²) in [4.78, 5) is 30.5. The monoisotopic (exact) mass is 759 g/mol. The van der Waals surface area contributed by atoms with Crippen molar-refractivity contribution >= 4 is 63.5 Å². The summed E-state index contributed by atoms with van der Waals surface area (Å²) in [5.41, 5.74) is 6.13. The summed E-state index contributed by atoms with van der Waals surface area (Å²) in [5.74, 6) is 1.52. The van der Waals surface area contributed by atoms with Crippen LogP contribution in [0.15, 0.2) is 53.5 Å². The molecule has 2 amide bonds. The fourth-order valence-corrected chi connectivity index (χ4v) is 4.32. The fraction of sp³-hybridized carbons (Fsp3) is 0.545. The lowest BCUT2D eigenvalue weighted by Gasteiger charge is -2.24. The number of isothiocyanates is 1. The normalized spacial score (nSPS) is 18.6.